The highest BCUT2D eigenvalue weighted by molar-refractivity contribution is 6.59. The summed E-state index contributed by atoms with van der Waals surface area (Å²) in [6, 6.07) is 5.68. The van der Waals surface area contributed by atoms with Gasteiger partial charge in [-0.05, 0) is 29.2 Å². The Kier molecular flexibility index (Phi) is 3.03. The minimum absolute atomic E-state index is 0.163. The van der Waals surface area contributed by atoms with E-state index in [0.29, 0.717) is 12.1 Å². The highest BCUT2D eigenvalue weighted by Crippen LogP contribution is 2.03. The van der Waals surface area contributed by atoms with Crippen LogP contribution in [0.5, 0.6) is 0 Å². The molecule has 1 heterocycles. The lowest BCUT2D eigenvalue weighted by molar-refractivity contribution is 0.424. The maximum absolute atomic E-state index is 12.9. The second kappa shape index (κ2) is 4.46. The summed E-state index contributed by atoms with van der Waals surface area (Å²) in [5, 5.41) is 22.2. The third-order valence-corrected chi connectivity index (χ3v) is 2.28. The van der Waals surface area contributed by atoms with Crippen molar-refractivity contribution < 1.29 is 14.4 Å². The van der Waals surface area contributed by atoms with Crippen LogP contribution >= 0.6 is 0 Å². The Balaban J connectivity index is 2.33. The molecule has 1 aromatic carbocycles. The fourth-order valence-corrected chi connectivity index (χ4v) is 1.52. The van der Waals surface area contributed by atoms with Gasteiger partial charge in [-0.25, -0.2) is 4.39 Å². The highest BCUT2D eigenvalue weighted by atomic mass is 19.1. The van der Waals surface area contributed by atoms with Crippen molar-refractivity contribution in [2.24, 2.45) is 0 Å². The van der Waals surface area contributed by atoms with Crippen molar-refractivity contribution in [3.8, 4) is 0 Å². The van der Waals surface area contributed by atoms with Crippen molar-refractivity contribution in [3.63, 3.8) is 0 Å². The summed E-state index contributed by atoms with van der Waals surface area (Å²) in [5.41, 5.74) is 0.788. The Morgan fingerprint density at radius 1 is 1.38 bits per heavy atom. The fourth-order valence-electron chi connectivity index (χ4n) is 1.52. The van der Waals surface area contributed by atoms with E-state index in [1.165, 1.54) is 12.1 Å². The molecule has 0 aliphatic carbocycles. The fraction of sp³-hybridized carbons (Fsp3) is 0.100. The van der Waals surface area contributed by atoms with E-state index in [2.05, 4.69) is 5.10 Å². The van der Waals surface area contributed by atoms with Gasteiger partial charge in [0.25, 0.3) is 0 Å². The van der Waals surface area contributed by atoms with E-state index in [-0.39, 0.29) is 5.46 Å². The molecular formula is C10H10BFN2O2. The quantitative estimate of drug-likeness (QED) is 0.701. The highest BCUT2D eigenvalue weighted by Gasteiger charge is 2.16. The Bertz CT molecular complexity index is 474. The van der Waals surface area contributed by atoms with Crippen molar-refractivity contribution in [2.45, 2.75) is 6.54 Å². The van der Waals surface area contributed by atoms with Crippen molar-refractivity contribution >= 4 is 12.6 Å². The van der Waals surface area contributed by atoms with Crippen LogP contribution in [0.2, 0.25) is 0 Å². The zero-order chi connectivity index (χ0) is 11.5. The van der Waals surface area contributed by atoms with Gasteiger partial charge in [0.1, 0.15) is 5.82 Å². The number of rotatable bonds is 3. The smallest absolute Gasteiger partial charge is 0.423 e. The molecule has 2 aromatic rings. The van der Waals surface area contributed by atoms with Crippen LogP contribution in [0.15, 0.2) is 36.7 Å². The average Bonchev–Trinajstić information content (AvgIpc) is 2.73. The van der Waals surface area contributed by atoms with Crippen LogP contribution in [0.4, 0.5) is 4.39 Å². The molecule has 0 spiro atoms. The van der Waals surface area contributed by atoms with Gasteiger partial charge in [0.15, 0.2) is 0 Å². The molecule has 0 aliphatic rings. The number of hydrogen-bond donors (Lipinski definition) is 2. The minimum Gasteiger partial charge on any atom is -0.423 e. The molecule has 4 nitrogen and oxygen atoms in total. The summed E-state index contributed by atoms with van der Waals surface area (Å²) < 4.78 is 14.6. The van der Waals surface area contributed by atoms with Gasteiger partial charge in [-0.3, -0.25) is 4.68 Å². The largest absolute Gasteiger partial charge is 0.488 e. The normalized spacial score (nSPS) is 10.4. The van der Waals surface area contributed by atoms with Gasteiger partial charge in [0.2, 0.25) is 0 Å². The summed E-state index contributed by atoms with van der Waals surface area (Å²) in [4.78, 5) is 0. The van der Waals surface area contributed by atoms with E-state index in [9.17, 15) is 4.39 Å². The first-order chi connectivity index (χ1) is 7.66. The average molecular weight is 220 g/mol. The van der Waals surface area contributed by atoms with Gasteiger partial charge >= 0.3 is 7.12 Å². The van der Waals surface area contributed by atoms with Crippen LogP contribution in [-0.4, -0.2) is 26.9 Å². The summed E-state index contributed by atoms with van der Waals surface area (Å²) in [7, 11) is -1.68. The lowest BCUT2D eigenvalue weighted by Crippen LogP contribution is -2.34. The predicted molar refractivity (Wildman–Crippen MR) is 57.6 cm³/mol. The number of nitrogens with zero attached hydrogens (tertiary/aromatic N) is 2. The molecule has 82 valence electrons. The molecule has 0 unspecified atom stereocenters. The standard InChI is InChI=1S/C10H10BFN2O2/c12-9-3-2-8(10(6-9)11(15)16)7-14-5-1-4-13-14/h1-6,15-16H,7H2. The van der Waals surface area contributed by atoms with Gasteiger partial charge in [-0.2, -0.15) is 5.10 Å². The Hall–Kier alpha value is -1.66. The third-order valence-electron chi connectivity index (χ3n) is 2.28. The van der Waals surface area contributed by atoms with Crippen LogP contribution in [-0.2, 0) is 6.54 Å². The molecule has 0 amide bonds. The SMILES string of the molecule is OB(O)c1cc(F)ccc1Cn1cccn1. The lowest BCUT2D eigenvalue weighted by Gasteiger charge is -2.09. The maximum Gasteiger partial charge on any atom is 0.488 e. The molecule has 0 aliphatic heterocycles. The molecule has 2 rings (SSSR count). The molecule has 0 atom stereocenters. The zero-order valence-electron chi connectivity index (χ0n) is 8.42. The Morgan fingerprint density at radius 2 is 2.19 bits per heavy atom. The van der Waals surface area contributed by atoms with E-state index < -0.39 is 12.9 Å². The second-order valence-corrected chi connectivity index (χ2v) is 3.42. The van der Waals surface area contributed by atoms with Crippen molar-refractivity contribution in [2.75, 3.05) is 0 Å². The number of benzene rings is 1. The lowest BCUT2D eigenvalue weighted by atomic mass is 9.77. The molecule has 0 bridgehead atoms. The van der Waals surface area contributed by atoms with E-state index >= 15 is 0 Å². The van der Waals surface area contributed by atoms with E-state index in [0.717, 1.165) is 6.07 Å². The van der Waals surface area contributed by atoms with Crippen molar-refractivity contribution in [1.29, 1.82) is 0 Å². The van der Waals surface area contributed by atoms with E-state index in [4.69, 9.17) is 10.0 Å². The minimum atomic E-state index is -1.68. The second-order valence-electron chi connectivity index (χ2n) is 3.42. The van der Waals surface area contributed by atoms with Gasteiger partial charge in [0, 0.05) is 12.4 Å². The number of hydrogen-bond acceptors (Lipinski definition) is 3. The molecule has 1 aromatic heterocycles. The summed E-state index contributed by atoms with van der Waals surface area (Å²) in [6.45, 7) is 0.375. The predicted octanol–water partition coefficient (Wildman–Crippen LogP) is -0.250. The number of aromatic nitrogens is 2. The van der Waals surface area contributed by atoms with Crippen LogP contribution in [0, 0.1) is 5.82 Å². The van der Waals surface area contributed by atoms with Crippen LogP contribution in [0.1, 0.15) is 5.56 Å². The van der Waals surface area contributed by atoms with Gasteiger partial charge in [0.05, 0.1) is 6.54 Å². The van der Waals surface area contributed by atoms with Gasteiger partial charge < -0.3 is 10.0 Å². The first-order valence-electron chi connectivity index (χ1n) is 4.78. The molecule has 0 radical (unpaired) electrons. The Morgan fingerprint density at radius 3 is 2.81 bits per heavy atom. The third kappa shape index (κ3) is 2.29. The topological polar surface area (TPSA) is 58.3 Å². The molecule has 16 heavy (non-hydrogen) atoms. The molecule has 6 heteroatoms. The zero-order valence-corrected chi connectivity index (χ0v) is 8.42. The molecular weight excluding hydrogens is 210 g/mol. The van der Waals surface area contributed by atoms with Gasteiger partial charge in [-0.15, -0.1) is 0 Å². The summed E-state index contributed by atoms with van der Waals surface area (Å²) in [6.07, 6.45) is 3.37. The van der Waals surface area contributed by atoms with Crippen LogP contribution in [0.25, 0.3) is 0 Å². The summed E-state index contributed by atoms with van der Waals surface area (Å²) in [5.74, 6) is -0.493. The van der Waals surface area contributed by atoms with E-state index in [1.54, 1.807) is 23.1 Å². The number of halogens is 1. The first-order valence-corrected chi connectivity index (χ1v) is 4.78. The molecule has 0 fully saturated rings. The first kappa shape index (κ1) is 10.8. The van der Waals surface area contributed by atoms with Crippen molar-refractivity contribution in [1.82, 2.24) is 9.78 Å². The summed E-state index contributed by atoms with van der Waals surface area (Å²) >= 11 is 0. The molecule has 0 saturated heterocycles. The Labute approximate surface area is 92.1 Å². The monoisotopic (exact) mass is 220 g/mol. The van der Waals surface area contributed by atoms with Crippen molar-refractivity contribution in [3.05, 3.63) is 48.0 Å². The molecule has 2 N–H and O–H groups in total. The van der Waals surface area contributed by atoms with E-state index in [1.807, 2.05) is 0 Å². The molecule has 0 saturated carbocycles. The van der Waals surface area contributed by atoms with Gasteiger partial charge in [-0.1, -0.05) is 6.07 Å². The maximum atomic E-state index is 12.9. The van der Waals surface area contributed by atoms with Crippen LogP contribution < -0.4 is 5.46 Å². The van der Waals surface area contributed by atoms with Crippen LogP contribution in [0.3, 0.4) is 0 Å².